The van der Waals surface area contributed by atoms with Gasteiger partial charge >= 0.3 is 0 Å². The third-order valence-corrected chi connectivity index (χ3v) is 4.51. The summed E-state index contributed by atoms with van der Waals surface area (Å²) >= 11 is 29.7. The second-order valence-electron chi connectivity index (χ2n) is 3.29. The minimum absolute atomic E-state index is 0.0194. The summed E-state index contributed by atoms with van der Waals surface area (Å²) in [6.07, 6.45) is 1.31. The molecule has 0 unspecified atom stereocenters. The first kappa shape index (κ1) is 14.2. The molecule has 0 spiro atoms. The third kappa shape index (κ3) is 2.28. The molecule has 0 amide bonds. The zero-order valence-corrected chi connectivity index (χ0v) is 12.2. The van der Waals surface area contributed by atoms with Crippen molar-refractivity contribution in [1.29, 1.82) is 0 Å². The van der Waals surface area contributed by atoms with Crippen LogP contribution in [0.5, 0.6) is 0 Å². The molecule has 0 atom stereocenters. The Bertz CT molecular complexity index is 600. The number of aromatic nitrogens is 1. The van der Waals surface area contributed by atoms with Gasteiger partial charge in [0.05, 0.1) is 25.1 Å². The molecule has 18 heavy (non-hydrogen) atoms. The maximum atomic E-state index is 13.7. The maximum Gasteiger partial charge on any atom is 0.220 e. The monoisotopic (exact) mass is 343 g/mol. The molecule has 0 fully saturated rings. The van der Waals surface area contributed by atoms with Gasteiger partial charge in [0.1, 0.15) is 0 Å². The van der Waals surface area contributed by atoms with Crippen molar-refractivity contribution < 1.29 is 4.39 Å². The Labute approximate surface area is 127 Å². The molecule has 0 N–H and O–H groups in total. The maximum absolute atomic E-state index is 13.7. The van der Waals surface area contributed by atoms with Crippen molar-refractivity contribution in [3.05, 3.63) is 49.4 Å². The van der Waals surface area contributed by atoms with E-state index in [1.165, 1.54) is 12.3 Å². The van der Waals surface area contributed by atoms with Gasteiger partial charge in [0, 0.05) is 17.3 Å². The highest BCUT2D eigenvalue weighted by Gasteiger charge is 2.22. The summed E-state index contributed by atoms with van der Waals surface area (Å²) in [5.41, 5.74) is 0.274. The molecule has 0 saturated heterocycles. The summed E-state index contributed by atoms with van der Waals surface area (Å²) < 4.78 is 13.7. The lowest BCUT2D eigenvalue weighted by atomic mass is 10.1. The minimum Gasteiger partial charge on any atom is -0.228 e. The fourth-order valence-electron chi connectivity index (χ4n) is 1.41. The zero-order chi connectivity index (χ0) is 13.4. The van der Waals surface area contributed by atoms with E-state index >= 15 is 0 Å². The summed E-state index contributed by atoms with van der Waals surface area (Å²) in [4.78, 5) is 3.52. The van der Waals surface area contributed by atoms with Gasteiger partial charge in [-0.15, -0.1) is 0 Å². The summed E-state index contributed by atoms with van der Waals surface area (Å²) in [5.74, 6) is -0.726. The Morgan fingerprint density at radius 1 is 0.833 bits per heavy atom. The molecule has 2 aromatic rings. The molecule has 1 heterocycles. The average Bonchev–Trinajstić information content (AvgIpc) is 2.36. The predicted molar refractivity (Wildman–Crippen MR) is 74.7 cm³/mol. The van der Waals surface area contributed by atoms with E-state index in [4.69, 9.17) is 58.0 Å². The van der Waals surface area contributed by atoms with Crippen LogP contribution in [-0.2, 0) is 0 Å². The molecule has 0 radical (unpaired) electrons. The van der Waals surface area contributed by atoms with E-state index in [0.717, 1.165) is 0 Å². The third-order valence-electron chi connectivity index (χ3n) is 2.24. The van der Waals surface area contributed by atoms with Gasteiger partial charge in [-0.2, -0.15) is 4.39 Å². The Morgan fingerprint density at radius 2 is 1.33 bits per heavy atom. The van der Waals surface area contributed by atoms with Crippen LogP contribution in [0.3, 0.4) is 0 Å². The van der Waals surface area contributed by atoms with Crippen LogP contribution in [0.15, 0.2) is 18.3 Å². The van der Waals surface area contributed by atoms with Crippen molar-refractivity contribution in [2.45, 2.75) is 0 Å². The lowest BCUT2D eigenvalue weighted by molar-refractivity contribution is 0.587. The van der Waals surface area contributed by atoms with Crippen LogP contribution in [0, 0.1) is 5.95 Å². The zero-order valence-electron chi connectivity index (χ0n) is 8.45. The van der Waals surface area contributed by atoms with E-state index in [1.807, 2.05) is 0 Å². The quantitative estimate of drug-likeness (QED) is 0.343. The van der Waals surface area contributed by atoms with Crippen molar-refractivity contribution in [3.8, 4) is 11.1 Å². The van der Waals surface area contributed by atoms with Crippen LogP contribution in [-0.4, -0.2) is 4.98 Å². The second-order valence-corrected chi connectivity index (χ2v) is 5.18. The molecule has 1 aromatic carbocycles. The fourth-order valence-corrected chi connectivity index (χ4v) is 2.76. The molecule has 0 bridgehead atoms. The normalized spacial score (nSPS) is 10.8. The number of rotatable bonds is 1. The molecule has 0 aliphatic carbocycles. The highest BCUT2D eigenvalue weighted by atomic mass is 35.5. The SMILES string of the molecule is Fc1ncccc1-c1c(Cl)c(Cl)c(Cl)c(Cl)c1Cl. The van der Waals surface area contributed by atoms with Gasteiger partial charge < -0.3 is 0 Å². The fraction of sp³-hybridized carbons (Fsp3) is 0. The van der Waals surface area contributed by atoms with Gasteiger partial charge in [-0.3, -0.25) is 0 Å². The van der Waals surface area contributed by atoms with Gasteiger partial charge in [-0.1, -0.05) is 58.0 Å². The highest BCUT2D eigenvalue weighted by Crippen LogP contribution is 2.48. The molecular weight excluding hydrogens is 342 g/mol. The Hall–Kier alpha value is -0.250. The first-order chi connectivity index (χ1) is 8.45. The van der Waals surface area contributed by atoms with E-state index in [1.54, 1.807) is 6.07 Å². The number of hydrogen-bond donors (Lipinski definition) is 0. The first-order valence-electron chi connectivity index (χ1n) is 4.57. The summed E-state index contributed by atoms with van der Waals surface area (Å²) in [6.45, 7) is 0. The summed E-state index contributed by atoms with van der Waals surface area (Å²) in [6, 6.07) is 3.01. The van der Waals surface area contributed by atoms with Crippen LogP contribution in [0.2, 0.25) is 25.1 Å². The van der Waals surface area contributed by atoms with Gasteiger partial charge in [0.25, 0.3) is 0 Å². The summed E-state index contributed by atoms with van der Waals surface area (Å²) in [5, 5.41) is 0.129. The Morgan fingerprint density at radius 3 is 1.83 bits per heavy atom. The molecule has 0 aliphatic heterocycles. The number of pyridine rings is 1. The van der Waals surface area contributed by atoms with Gasteiger partial charge in [0.15, 0.2) is 0 Å². The second kappa shape index (κ2) is 5.40. The van der Waals surface area contributed by atoms with Crippen molar-refractivity contribution >= 4 is 58.0 Å². The minimum atomic E-state index is -0.726. The number of nitrogens with zero attached hydrogens (tertiary/aromatic N) is 1. The Balaban J connectivity index is 2.85. The lowest BCUT2D eigenvalue weighted by Gasteiger charge is -2.12. The molecule has 0 aliphatic rings. The van der Waals surface area contributed by atoms with E-state index in [9.17, 15) is 4.39 Å². The number of hydrogen-bond acceptors (Lipinski definition) is 1. The van der Waals surface area contributed by atoms with Crippen LogP contribution < -0.4 is 0 Å². The average molecular weight is 345 g/mol. The molecular formula is C11H3Cl5FN. The largest absolute Gasteiger partial charge is 0.228 e. The predicted octanol–water partition coefficient (Wildman–Crippen LogP) is 6.15. The van der Waals surface area contributed by atoms with Crippen molar-refractivity contribution in [2.24, 2.45) is 0 Å². The van der Waals surface area contributed by atoms with Gasteiger partial charge in [0.2, 0.25) is 5.95 Å². The standard InChI is InChI=1S/C11H3Cl5FN/c12-6-5(4-2-1-3-18-11(4)17)7(13)9(15)10(16)8(6)14/h1-3H. The Kier molecular flexibility index (Phi) is 4.25. The molecule has 1 nitrogen and oxygen atoms in total. The van der Waals surface area contributed by atoms with Crippen LogP contribution >= 0.6 is 58.0 Å². The summed E-state index contributed by atoms with van der Waals surface area (Å²) in [7, 11) is 0. The first-order valence-corrected chi connectivity index (χ1v) is 6.46. The van der Waals surface area contributed by atoms with E-state index < -0.39 is 5.95 Å². The lowest BCUT2D eigenvalue weighted by Crippen LogP contribution is -1.92. The molecule has 0 saturated carbocycles. The van der Waals surface area contributed by atoms with Crippen molar-refractivity contribution in [1.82, 2.24) is 4.98 Å². The molecule has 2 rings (SSSR count). The van der Waals surface area contributed by atoms with E-state index in [-0.39, 0.29) is 36.2 Å². The van der Waals surface area contributed by atoms with Crippen LogP contribution in [0.4, 0.5) is 4.39 Å². The van der Waals surface area contributed by atoms with Crippen LogP contribution in [0.25, 0.3) is 11.1 Å². The number of benzene rings is 1. The van der Waals surface area contributed by atoms with Gasteiger partial charge in [-0.25, -0.2) is 4.98 Å². The highest BCUT2D eigenvalue weighted by molar-refractivity contribution is 6.56. The van der Waals surface area contributed by atoms with Crippen molar-refractivity contribution in [2.75, 3.05) is 0 Å². The number of halogens is 6. The van der Waals surface area contributed by atoms with Gasteiger partial charge in [-0.05, 0) is 12.1 Å². The van der Waals surface area contributed by atoms with E-state index in [0.29, 0.717) is 0 Å². The molecule has 94 valence electrons. The molecule has 1 aromatic heterocycles. The topological polar surface area (TPSA) is 12.9 Å². The molecule has 7 heteroatoms. The smallest absolute Gasteiger partial charge is 0.220 e. The van der Waals surface area contributed by atoms with Crippen LogP contribution in [0.1, 0.15) is 0 Å². The van der Waals surface area contributed by atoms with Crippen molar-refractivity contribution in [3.63, 3.8) is 0 Å². The van der Waals surface area contributed by atoms with E-state index in [2.05, 4.69) is 4.98 Å².